The summed E-state index contributed by atoms with van der Waals surface area (Å²) in [5, 5.41) is 1.80. The lowest BCUT2D eigenvalue weighted by Gasteiger charge is -2.11. The largest absolute Gasteiger partial charge is 0.247 e. The Morgan fingerprint density at radius 3 is 2.60 bits per heavy atom. The first-order valence-electron chi connectivity index (χ1n) is 6.41. The van der Waals surface area contributed by atoms with E-state index in [0.29, 0.717) is 10.9 Å². The fraction of sp³-hybridized carbons (Fsp3) is 0.118. The first-order chi connectivity index (χ1) is 9.70. The van der Waals surface area contributed by atoms with Gasteiger partial charge in [-0.3, -0.25) is 0 Å². The molecule has 0 unspecified atom stereocenters. The molecule has 0 bridgehead atoms. The van der Waals surface area contributed by atoms with Gasteiger partial charge in [-0.2, -0.15) is 0 Å². The van der Waals surface area contributed by atoms with Gasteiger partial charge in [0.2, 0.25) is 0 Å². The van der Waals surface area contributed by atoms with Gasteiger partial charge in [-0.05, 0) is 30.2 Å². The second-order valence-electron chi connectivity index (χ2n) is 4.76. The number of para-hydroxylation sites is 1. The fourth-order valence-electron chi connectivity index (χ4n) is 2.38. The van der Waals surface area contributed by atoms with Crippen LogP contribution in [0.3, 0.4) is 0 Å². The second-order valence-corrected chi connectivity index (χ2v) is 5.43. The van der Waals surface area contributed by atoms with Crippen molar-refractivity contribution in [3.8, 4) is 11.3 Å². The predicted molar refractivity (Wildman–Crippen MR) is 86.5 cm³/mol. The quantitative estimate of drug-likeness (QED) is 0.561. The summed E-state index contributed by atoms with van der Waals surface area (Å²) in [4.78, 5) is 4.81. The van der Waals surface area contributed by atoms with Gasteiger partial charge in [0.05, 0.1) is 11.2 Å². The molecule has 3 heteroatoms. The van der Waals surface area contributed by atoms with Crippen LogP contribution < -0.4 is 0 Å². The number of hydrogen-bond acceptors (Lipinski definition) is 1. The number of hydrogen-bond donors (Lipinski definition) is 0. The number of nitrogens with zero attached hydrogens (tertiary/aromatic N) is 1. The molecule has 3 aromatic rings. The summed E-state index contributed by atoms with van der Waals surface area (Å²) in [6.07, 6.45) is 0. The van der Waals surface area contributed by atoms with E-state index in [4.69, 9.17) is 28.2 Å². The molecule has 0 N–H and O–H groups in total. The summed E-state index contributed by atoms with van der Waals surface area (Å²) in [7, 11) is 0. The maximum atomic E-state index is 6.30. The zero-order chi connectivity index (χ0) is 14.1. The standard InChI is InChI=1S/C17H13Cl2N/c1-11-5-4-6-12-9-13(10-18)17(20-16(11)12)14-7-2-3-8-15(14)19/h2-9H,10H2,1H3. The minimum absolute atomic E-state index is 0.414. The highest BCUT2D eigenvalue weighted by Gasteiger charge is 2.12. The van der Waals surface area contributed by atoms with E-state index in [1.165, 1.54) is 0 Å². The van der Waals surface area contributed by atoms with E-state index in [9.17, 15) is 0 Å². The van der Waals surface area contributed by atoms with Crippen molar-refractivity contribution in [2.75, 3.05) is 0 Å². The number of fused-ring (bicyclic) bond motifs is 1. The number of aromatic nitrogens is 1. The zero-order valence-electron chi connectivity index (χ0n) is 11.0. The fourth-order valence-corrected chi connectivity index (χ4v) is 2.81. The lowest BCUT2D eigenvalue weighted by Crippen LogP contribution is -1.94. The normalized spacial score (nSPS) is 10.9. The summed E-state index contributed by atoms with van der Waals surface area (Å²) in [5.41, 5.74) is 4.94. The summed E-state index contributed by atoms with van der Waals surface area (Å²) in [6, 6.07) is 16.0. The molecule has 1 nitrogen and oxygen atoms in total. The average molecular weight is 302 g/mol. The Kier molecular flexibility index (Phi) is 3.64. The number of rotatable bonds is 2. The first-order valence-corrected chi connectivity index (χ1v) is 7.32. The summed E-state index contributed by atoms with van der Waals surface area (Å²) >= 11 is 12.4. The van der Waals surface area contributed by atoms with Gasteiger partial charge in [-0.1, -0.05) is 48.0 Å². The molecule has 3 rings (SSSR count). The van der Waals surface area contributed by atoms with Crippen molar-refractivity contribution in [3.63, 3.8) is 0 Å². The molecule has 1 aromatic heterocycles. The van der Waals surface area contributed by atoms with E-state index in [2.05, 4.69) is 25.1 Å². The number of halogens is 2. The average Bonchev–Trinajstić information content (AvgIpc) is 2.47. The Hall–Kier alpha value is -1.57. The summed E-state index contributed by atoms with van der Waals surface area (Å²) in [5.74, 6) is 0.414. The van der Waals surface area contributed by atoms with Gasteiger partial charge in [-0.15, -0.1) is 11.6 Å². The molecule has 0 aliphatic heterocycles. The molecule has 0 aliphatic carbocycles. The maximum Gasteiger partial charge on any atom is 0.0768 e. The van der Waals surface area contributed by atoms with E-state index in [-0.39, 0.29) is 0 Å². The third-order valence-electron chi connectivity index (χ3n) is 3.40. The Bertz CT molecular complexity index is 781. The van der Waals surface area contributed by atoms with Crippen molar-refractivity contribution in [2.24, 2.45) is 0 Å². The molecule has 100 valence electrons. The smallest absolute Gasteiger partial charge is 0.0768 e. The van der Waals surface area contributed by atoms with E-state index in [1.54, 1.807) is 0 Å². The Balaban J connectivity index is 2.34. The molecular formula is C17H13Cl2N. The number of alkyl halides is 1. The highest BCUT2D eigenvalue weighted by atomic mass is 35.5. The van der Waals surface area contributed by atoms with Crippen molar-refractivity contribution in [3.05, 3.63) is 64.7 Å². The van der Waals surface area contributed by atoms with Gasteiger partial charge in [-0.25, -0.2) is 4.98 Å². The molecule has 1 heterocycles. The Morgan fingerprint density at radius 1 is 1.05 bits per heavy atom. The van der Waals surface area contributed by atoms with Crippen LogP contribution in [0.4, 0.5) is 0 Å². The minimum Gasteiger partial charge on any atom is -0.247 e. The molecule has 0 saturated carbocycles. The number of benzene rings is 2. The molecule has 20 heavy (non-hydrogen) atoms. The molecule has 0 saturated heterocycles. The molecule has 0 atom stereocenters. The lowest BCUT2D eigenvalue weighted by atomic mass is 10.0. The van der Waals surface area contributed by atoms with Crippen LogP contribution in [0.15, 0.2) is 48.5 Å². The zero-order valence-corrected chi connectivity index (χ0v) is 12.5. The van der Waals surface area contributed by atoms with Crippen LogP contribution in [0.25, 0.3) is 22.2 Å². The van der Waals surface area contributed by atoms with E-state index >= 15 is 0 Å². The summed E-state index contributed by atoms with van der Waals surface area (Å²) < 4.78 is 0. The van der Waals surface area contributed by atoms with E-state index < -0.39 is 0 Å². The Labute approximate surface area is 128 Å². The van der Waals surface area contributed by atoms with Crippen molar-refractivity contribution in [1.82, 2.24) is 4.98 Å². The molecule has 0 fully saturated rings. The van der Waals surface area contributed by atoms with E-state index in [0.717, 1.165) is 33.3 Å². The molecule has 2 aromatic carbocycles. The van der Waals surface area contributed by atoms with Crippen LogP contribution >= 0.6 is 23.2 Å². The maximum absolute atomic E-state index is 6.30. The first kappa shape index (κ1) is 13.4. The summed E-state index contributed by atoms with van der Waals surface area (Å²) in [6.45, 7) is 2.06. The molecule has 0 aliphatic rings. The minimum atomic E-state index is 0.414. The molecule has 0 radical (unpaired) electrons. The van der Waals surface area contributed by atoms with Gasteiger partial charge in [0.25, 0.3) is 0 Å². The van der Waals surface area contributed by atoms with Crippen molar-refractivity contribution in [1.29, 1.82) is 0 Å². The van der Waals surface area contributed by atoms with Gasteiger partial charge in [0.15, 0.2) is 0 Å². The van der Waals surface area contributed by atoms with Gasteiger partial charge >= 0.3 is 0 Å². The topological polar surface area (TPSA) is 12.9 Å². The molecule has 0 amide bonds. The third kappa shape index (κ3) is 2.28. The van der Waals surface area contributed by atoms with Crippen molar-refractivity contribution < 1.29 is 0 Å². The van der Waals surface area contributed by atoms with Crippen LogP contribution in [0.1, 0.15) is 11.1 Å². The third-order valence-corrected chi connectivity index (χ3v) is 4.02. The predicted octanol–water partition coefficient (Wildman–Crippen LogP) is 5.60. The van der Waals surface area contributed by atoms with Gasteiger partial charge < -0.3 is 0 Å². The van der Waals surface area contributed by atoms with Crippen LogP contribution in [0.2, 0.25) is 5.02 Å². The SMILES string of the molecule is Cc1cccc2cc(CCl)c(-c3ccccc3Cl)nc12. The molecular weight excluding hydrogens is 289 g/mol. The van der Waals surface area contributed by atoms with Crippen molar-refractivity contribution >= 4 is 34.1 Å². The Morgan fingerprint density at radius 2 is 1.85 bits per heavy atom. The number of aryl methyl sites for hydroxylation is 1. The van der Waals surface area contributed by atoms with Gasteiger partial charge in [0.1, 0.15) is 0 Å². The highest BCUT2D eigenvalue weighted by molar-refractivity contribution is 6.33. The van der Waals surface area contributed by atoms with Crippen LogP contribution in [-0.4, -0.2) is 4.98 Å². The lowest BCUT2D eigenvalue weighted by molar-refractivity contribution is 1.28. The molecule has 0 spiro atoms. The number of pyridine rings is 1. The van der Waals surface area contributed by atoms with Crippen molar-refractivity contribution in [2.45, 2.75) is 12.8 Å². The second kappa shape index (κ2) is 5.43. The van der Waals surface area contributed by atoms with Crippen LogP contribution in [0, 0.1) is 6.92 Å². The van der Waals surface area contributed by atoms with Crippen LogP contribution in [0.5, 0.6) is 0 Å². The van der Waals surface area contributed by atoms with Crippen LogP contribution in [-0.2, 0) is 5.88 Å². The monoisotopic (exact) mass is 301 g/mol. The van der Waals surface area contributed by atoms with E-state index in [1.807, 2.05) is 30.3 Å². The van der Waals surface area contributed by atoms with Gasteiger partial charge in [0, 0.05) is 21.9 Å². The highest BCUT2D eigenvalue weighted by Crippen LogP contribution is 2.32.